The van der Waals surface area contributed by atoms with E-state index in [0.717, 1.165) is 6.42 Å². The first kappa shape index (κ1) is 14.6. The molecule has 2 aliphatic rings. The average molecular weight is 364 g/mol. The lowest BCUT2D eigenvalue weighted by Crippen LogP contribution is -2.30. The van der Waals surface area contributed by atoms with Crippen molar-refractivity contribution in [2.75, 3.05) is 18.1 Å². The molecule has 0 bridgehead atoms. The van der Waals surface area contributed by atoms with Gasteiger partial charge in [0.25, 0.3) is 0 Å². The van der Waals surface area contributed by atoms with E-state index in [1.165, 1.54) is 6.20 Å². The Morgan fingerprint density at radius 3 is 2.95 bits per heavy atom. The van der Waals surface area contributed by atoms with Crippen LogP contribution in [0.3, 0.4) is 0 Å². The zero-order valence-electron chi connectivity index (χ0n) is 11.1. The van der Waals surface area contributed by atoms with Gasteiger partial charge >= 0.3 is 0 Å². The largest absolute Gasteiger partial charge is 0.374 e. The Bertz CT molecular complexity index is 762. The van der Waals surface area contributed by atoms with E-state index in [1.54, 1.807) is 0 Å². The zero-order valence-corrected chi connectivity index (χ0v) is 13.4. The van der Waals surface area contributed by atoms with Gasteiger partial charge in [-0.15, -0.1) is 11.6 Å². The van der Waals surface area contributed by atoms with Crippen molar-refractivity contribution in [3.8, 4) is 0 Å². The van der Waals surface area contributed by atoms with Gasteiger partial charge in [-0.1, -0.05) is 11.6 Å². The highest BCUT2D eigenvalue weighted by Crippen LogP contribution is 2.42. The molecule has 0 amide bonds. The summed E-state index contributed by atoms with van der Waals surface area (Å²) in [7, 11) is 0. The molecule has 3 atom stereocenters. The summed E-state index contributed by atoms with van der Waals surface area (Å²) in [6.45, 7) is 1.33. The van der Waals surface area contributed by atoms with Crippen molar-refractivity contribution >= 4 is 51.5 Å². The standard InChI is InChI=1S/C13H10Cl3FN4O/c14-6-9-10(6)22-3-1-2-21(9)12-5-4-18-11(15)7(17)8(5)19-13(16)20-12/h4,6,9-10H,1-3H2/t6-,9?,10+/m1/s1. The van der Waals surface area contributed by atoms with Crippen LogP contribution in [0.1, 0.15) is 6.42 Å². The fraction of sp³-hybridized carbons (Fsp3) is 0.462. The highest BCUT2D eigenvalue weighted by Gasteiger charge is 2.55. The molecule has 9 heteroatoms. The predicted molar refractivity (Wildman–Crippen MR) is 82.4 cm³/mol. The van der Waals surface area contributed by atoms with Gasteiger partial charge < -0.3 is 9.64 Å². The van der Waals surface area contributed by atoms with Crippen LogP contribution < -0.4 is 4.90 Å². The SMILES string of the molecule is Fc1c(Cl)ncc2c(N3CCCO[C@@H]4C3[C@H]4Cl)nc(Cl)nc12. The van der Waals surface area contributed by atoms with E-state index in [0.29, 0.717) is 24.4 Å². The van der Waals surface area contributed by atoms with Gasteiger partial charge in [0, 0.05) is 19.3 Å². The number of halogens is 4. The average Bonchev–Trinajstić information content (AvgIpc) is 3.18. The summed E-state index contributed by atoms with van der Waals surface area (Å²) in [5.74, 6) is -0.188. The molecular weight excluding hydrogens is 354 g/mol. The maximum atomic E-state index is 14.2. The summed E-state index contributed by atoms with van der Waals surface area (Å²) < 4.78 is 19.8. The van der Waals surface area contributed by atoms with E-state index in [9.17, 15) is 4.39 Å². The highest BCUT2D eigenvalue weighted by molar-refractivity contribution is 6.31. The van der Waals surface area contributed by atoms with Crippen molar-refractivity contribution in [1.29, 1.82) is 0 Å². The first-order valence-electron chi connectivity index (χ1n) is 6.77. The van der Waals surface area contributed by atoms with E-state index >= 15 is 0 Å². The van der Waals surface area contributed by atoms with Crippen LogP contribution in [-0.4, -0.2) is 45.6 Å². The number of aromatic nitrogens is 3. The normalized spacial score (nSPS) is 27.6. The lowest BCUT2D eigenvalue weighted by molar-refractivity contribution is 0.124. The monoisotopic (exact) mass is 362 g/mol. The Morgan fingerprint density at radius 1 is 1.32 bits per heavy atom. The molecule has 2 aromatic rings. The molecule has 5 nitrogen and oxygen atoms in total. The van der Waals surface area contributed by atoms with E-state index in [2.05, 4.69) is 15.0 Å². The summed E-state index contributed by atoms with van der Waals surface area (Å²) in [6, 6.07) is -0.00271. The molecule has 1 saturated carbocycles. The maximum absolute atomic E-state index is 14.2. The first-order chi connectivity index (χ1) is 10.6. The van der Waals surface area contributed by atoms with Crippen molar-refractivity contribution in [2.24, 2.45) is 0 Å². The van der Waals surface area contributed by atoms with E-state index in [-0.39, 0.29) is 33.5 Å². The Kier molecular flexibility index (Phi) is 3.52. The number of pyridine rings is 1. The fourth-order valence-corrected chi connectivity index (χ4v) is 3.56. The molecule has 4 rings (SSSR count). The van der Waals surface area contributed by atoms with Crippen molar-refractivity contribution in [2.45, 2.75) is 23.9 Å². The third-order valence-electron chi connectivity index (χ3n) is 3.92. The van der Waals surface area contributed by atoms with Crippen molar-refractivity contribution in [3.63, 3.8) is 0 Å². The lowest BCUT2D eigenvalue weighted by Gasteiger charge is -2.23. The third-order valence-corrected chi connectivity index (χ3v) is 4.85. The van der Waals surface area contributed by atoms with Gasteiger partial charge in [-0.3, -0.25) is 0 Å². The molecule has 2 fully saturated rings. The number of anilines is 1. The highest BCUT2D eigenvalue weighted by atomic mass is 35.5. The molecule has 3 heterocycles. The first-order valence-corrected chi connectivity index (χ1v) is 7.96. The maximum Gasteiger partial charge on any atom is 0.225 e. The molecule has 2 aromatic heterocycles. The molecule has 1 unspecified atom stereocenters. The van der Waals surface area contributed by atoms with Gasteiger partial charge in [0.15, 0.2) is 11.0 Å². The predicted octanol–water partition coefficient (Wildman–Crippen LogP) is 3.06. The minimum Gasteiger partial charge on any atom is -0.374 e. The van der Waals surface area contributed by atoms with Crippen LogP contribution in [0.15, 0.2) is 6.20 Å². The van der Waals surface area contributed by atoms with Crippen LogP contribution in [0.5, 0.6) is 0 Å². The van der Waals surface area contributed by atoms with Crippen molar-refractivity contribution in [3.05, 3.63) is 22.5 Å². The van der Waals surface area contributed by atoms with E-state index in [1.807, 2.05) is 4.90 Å². The minimum atomic E-state index is -0.703. The zero-order chi connectivity index (χ0) is 15.4. The number of rotatable bonds is 1. The summed E-state index contributed by atoms with van der Waals surface area (Å²) in [4.78, 5) is 14.1. The fourth-order valence-electron chi connectivity index (χ4n) is 2.84. The number of hydrogen-bond acceptors (Lipinski definition) is 5. The van der Waals surface area contributed by atoms with Gasteiger partial charge in [0.2, 0.25) is 5.28 Å². The lowest BCUT2D eigenvalue weighted by atomic mass is 10.2. The number of fused-ring (bicyclic) bond motifs is 2. The summed E-state index contributed by atoms with van der Waals surface area (Å²) in [6.07, 6.45) is 2.24. The molecule has 0 aromatic carbocycles. The van der Waals surface area contributed by atoms with Gasteiger partial charge in [0.1, 0.15) is 11.3 Å². The minimum absolute atomic E-state index is 0.00271. The molecular formula is C13H10Cl3FN4O. The van der Waals surface area contributed by atoms with E-state index < -0.39 is 5.82 Å². The Labute approximate surface area is 140 Å². The molecule has 1 aliphatic heterocycles. The topological polar surface area (TPSA) is 51.1 Å². The molecule has 116 valence electrons. The van der Waals surface area contributed by atoms with Gasteiger partial charge in [-0.2, -0.15) is 4.98 Å². The second-order valence-corrected chi connectivity index (χ2v) is 6.46. The molecule has 0 spiro atoms. The third kappa shape index (κ3) is 2.21. The number of ether oxygens (including phenoxy) is 1. The molecule has 0 radical (unpaired) electrons. The molecule has 22 heavy (non-hydrogen) atoms. The Balaban J connectivity index is 1.89. The van der Waals surface area contributed by atoms with Crippen LogP contribution in [0, 0.1) is 5.82 Å². The molecule has 0 N–H and O–H groups in total. The Hall–Kier alpha value is -0.950. The summed E-state index contributed by atoms with van der Waals surface area (Å²) in [5.41, 5.74) is 0.0588. The van der Waals surface area contributed by atoms with Crippen LogP contribution in [0.2, 0.25) is 10.4 Å². The van der Waals surface area contributed by atoms with Gasteiger partial charge in [-0.25, -0.2) is 14.4 Å². The van der Waals surface area contributed by atoms with E-state index in [4.69, 9.17) is 39.5 Å². The number of alkyl halides is 1. The summed E-state index contributed by atoms with van der Waals surface area (Å²) in [5, 5.41) is 0.0565. The quantitative estimate of drug-likeness (QED) is 0.443. The Morgan fingerprint density at radius 2 is 2.14 bits per heavy atom. The van der Waals surface area contributed by atoms with Crippen molar-refractivity contribution in [1.82, 2.24) is 15.0 Å². The second kappa shape index (κ2) is 5.30. The number of hydrogen-bond donors (Lipinski definition) is 0. The van der Waals surface area contributed by atoms with Crippen molar-refractivity contribution < 1.29 is 9.13 Å². The van der Waals surface area contributed by atoms with Crippen LogP contribution in [0.25, 0.3) is 10.9 Å². The van der Waals surface area contributed by atoms with Crippen LogP contribution in [0.4, 0.5) is 10.2 Å². The summed E-state index contributed by atoms with van der Waals surface area (Å²) >= 11 is 18.0. The molecule has 1 saturated heterocycles. The smallest absolute Gasteiger partial charge is 0.225 e. The van der Waals surface area contributed by atoms with Crippen LogP contribution in [-0.2, 0) is 4.74 Å². The molecule has 1 aliphatic carbocycles. The number of nitrogens with zero attached hydrogens (tertiary/aromatic N) is 4. The van der Waals surface area contributed by atoms with Gasteiger partial charge in [-0.05, 0) is 18.0 Å². The second-order valence-electron chi connectivity index (χ2n) is 5.26. The van der Waals surface area contributed by atoms with Gasteiger partial charge in [0.05, 0.1) is 22.9 Å². The van der Waals surface area contributed by atoms with Crippen LogP contribution >= 0.6 is 34.8 Å².